The molecule has 3 rings (SSSR count). The van der Waals surface area contributed by atoms with E-state index in [0.29, 0.717) is 24.6 Å². The summed E-state index contributed by atoms with van der Waals surface area (Å²) < 4.78 is 0. The third kappa shape index (κ3) is 5.92. The smallest absolute Gasteiger partial charge is 0.252 e. The first-order valence-electron chi connectivity index (χ1n) is 8.96. The topological polar surface area (TPSA) is 69.6 Å². The highest BCUT2D eigenvalue weighted by Crippen LogP contribution is 2.26. The normalized spacial score (nSPS) is 16.6. The van der Waals surface area contributed by atoms with Crippen LogP contribution in [-0.4, -0.2) is 55.0 Å². The summed E-state index contributed by atoms with van der Waals surface area (Å²) in [6.07, 6.45) is 4.35. The fraction of sp³-hybridized carbons (Fsp3) is 0.350. The first-order chi connectivity index (χ1) is 12.8. The third-order valence-electron chi connectivity index (χ3n) is 4.59. The number of nitrogens with zero attached hydrogens (tertiary/aromatic N) is 3. The van der Waals surface area contributed by atoms with Crippen molar-refractivity contribution in [3.63, 3.8) is 0 Å². The molecule has 1 aromatic heterocycles. The number of amides is 1. The molecule has 1 fully saturated rings. The van der Waals surface area contributed by atoms with E-state index in [1.54, 1.807) is 31.6 Å². The van der Waals surface area contributed by atoms with E-state index in [0.717, 1.165) is 25.5 Å². The van der Waals surface area contributed by atoms with Crippen molar-refractivity contribution in [2.75, 3.05) is 33.2 Å². The molecule has 1 aliphatic rings. The molecule has 7 heteroatoms. The van der Waals surface area contributed by atoms with E-state index in [9.17, 15) is 4.79 Å². The van der Waals surface area contributed by atoms with Gasteiger partial charge in [-0.25, -0.2) is 0 Å². The van der Waals surface area contributed by atoms with E-state index < -0.39 is 0 Å². The Bertz CT molecular complexity index is 739. The number of carbonyl (C=O) groups excluding carboxylic acids is 1. The maximum atomic E-state index is 12.0. The number of likely N-dealkylation sites (tertiary alicyclic amines) is 1. The summed E-state index contributed by atoms with van der Waals surface area (Å²) in [5.41, 5.74) is 1.95. The molecular weight excluding hydrogens is 453 g/mol. The molecule has 0 saturated carbocycles. The number of nitrogens with one attached hydrogen (secondary N) is 2. The number of hydrogen-bond acceptors (Lipinski definition) is 3. The van der Waals surface area contributed by atoms with Crippen LogP contribution in [0.3, 0.4) is 0 Å². The van der Waals surface area contributed by atoms with Gasteiger partial charge in [-0.15, -0.1) is 24.0 Å². The molecule has 6 nitrogen and oxygen atoms in total. The summed E-state index contributed by atoms with van der Waals surface area (Å²) in [6, 6.07) is 14.1. The Kier molecular flexibility index (Phi) is 8.50. The Morgan fingerprint density at radius 3 is 2.67 bits per heavy atom. The maximum Gasteiger partial charge on any atom is 0.252 e. The predicted molar refractivity (Wildman–Crippen MR) is 119 cm³/mol. The van der Waals surface area contributed by atoms with E-state index >= 15 is 0 Å². The lowest BCUT2D eigenvalue weighted by Crippen LogP contribution is -2.43. The molecule has 1 aliphatic heterocycles. The summed E-state index contributed by atoms with van der Waals surface area (Å²) in [7, 11) is 1.80. The number of rotatable bonds is 5. The Labute approximate surface area is 177 Å². The van der Waals surface area contributed by atoms with Crippen molar-refractivity contribution in [1.82, 2.24) is 20.5 Å². The minimum atomic E-state index is -0.111. The number of carbonyl (C=O) groups is 1. The lowest BCUT2D eigenvalue weighted by molar-refractivity contribution is 0.0954. The van der Waals surface area contributed by atoms with Crippen molar-refractivity contribution < 1.29 is 4.79 Å². The highest BCUT2D eigenvalue weighted by molar-refractivity contribution is 14.0. The zero-order valence-corrected chi connectivity index (χ0v) is 17.8. The SMILES string of the molecule is CN=C(NCCNC(=O)c1cccnc1)N1CCC(c2ccccc2)C1.I. The van der Waals surface area contributed by atoms with Gasteiger partial charge in [-0.2, -0.15) is 0 Å². The van der Waals surface area contributed by atoms with Crippen LogP contribution in [-0.2, 0) is 0 Å². The van der Waals surface area contributed by atoms with Gasteiger partial charge >= 0.3 is 0 Å². The van der Waals surface area contributed by atoms with E-state index in [4.69, 9.17) is 0 Å². The third-order valence-corrected chi connectivity index (χ3v) is 4.59. The molecule has 144 valence electrons. The largest absolute Gasteiger partial charge is 0.354 e. The molecule has 27 heavy (non-hydrogen) atoms. The molecule has 2 heterocycles. The van der Waals surface area contributed by atoms with Gasteiger partial charge in [-0.05, 0) is 24.1 Å². The molecule has 0 radical (unpaired) electrons. The molecular formula is C20H26IN5O. The van der Waals surface area contributed by atoms with Gasteiger partial charge < -0.3 is 15.5 Å². The minimum Gasteiger partial charge on any atom is -0.354 e. The van der Waals surface area contributed by atoms with E-state index in [2.05, 4.69) is 55.8 Å². The van der Waals surface area contributed by atoms with Crippen LogP contribution in [0.15, 0.2) is 59.9 Å². The fourth-order valence-corrected chi connectivity index (χ4v) is 3.23. The van der Waals surface area contributed by atoms with Gasteiger partial charge in [0.2, 0.25) is 0 Å². The van der Waals surface area contributed by atoms with Gasteiger partial charge in [0.15, 0.2) is 5.96 Å². The van der Waals surface area contributed by atoms with Crippen LogP contribution in [0.25, 0.3) is 0 Å². The molecule has 1 atom stereocenters. The lowest BCUT2D eigenvalue weighted by Gasteiger charge is -2.22. The summed E-state index contributed by atoms with van der Waals surface area (Å²) in [5.74, 6) is 1.32. The number of benzene rings is 1. The van der Waals surface area contributed by atoms with Gasteiger partial charge in [-0.1, -0.05) is 30.3 Å². The first-order valence-corrected chi connectivity index (χ1v) is 8.96. The van der Waals surface area contributed by atoms with Crippen molar-refractivity contribution in [3.8, 4) is 0 Å². The molecule has 0 aliphatic carbocycles. The van der Waals surface area contributed by atoms with Gasteiger partial charge in [0, 0.05) is 51.5 Å². The summed E-state index contributed by atoms with van der Waals surface area (Å²) in [4.78, 5) is 22.6. The van der Waals surface area contributed by atoms with Crippen LogP contribution < -0.4 is 10.6 Å². The number of hydrogen-bond donors (Lipinski definition) is 2. The maximum absolute atomic E-state index is 12.0. The van der Waals surface area contributed by atoms with Crippen LogP contribution in [0.1, 0.15) is 28.3 Å². The molecule has 2 N–H and O–H groups in total. The van der Waals surface area contributed by atoms with Gasteiger partial charge in [0.05, 0.1) is 5.56 Å². The van der Waals surface area contributed by atoms with Gasteiger partial charge in [-0.3, -0.25) is 14.8 Å². The standard InChI is InChI=1S/C20H25N5O.HI/c1-21-20(24-12-11-23-19(26)17-8-5-10-22-14-17)25-13-9-18(15-25)16-6-3-2-4-7-16;/h2-8,10,14,18H,9,11-13,15H2,1H3,(H,21,24)(H,23,26);1H. The van der Waals surface area contributed by atoms with Crippen LogP contribution in [0.2, 0.25) is 0 Å². The van der Waals surface area contributed by atoms with E-state index in [1.807, 2.05) is 0 Å². The molecule has 1 unspecified atom stereocenters. The van der Waals surface area contributed by atoms with Crippen molar-refractivity contribution in [2.45, 2.75) is 12.3 Å². The van der Waals surface area contributed by atoms with Crippen LogP contribution in [0, 0.1) is 0 Å². The minimum absolute atomic E-state index is 0. The van der Waals surface area contributed by atoms with Crippen molar-refractivity contribution in [1.29, 1.82) is 0 Å². The van der Waals surface area contributed by atoms with Crippen molar-refractivity contribution >= 4 is 35.8 Å². The monoisotopic (exact) mass is 479 g/mol. The lowest BCUT2D eigenvalue weighted by atomic mass is 9.99. The second kappa shape index (κ2) is 10.9. The van der Waals surface area contributed by atoms with Gasteiger partial charge in [0.1, 0.15) is 0 Å². The fourth-order valence-electron chi connectivity index (χ4n) is 3.23. The predicted octanol–water partition coefficient (Wildman–Crippen LogP) is 2.49. The Morgan fingerprint density at radius 2 is 1.96 bits per heavy atom. The van der Waals surface area contributed by atoms with Crippen LogP contribution in [0.4, 0.5) is 0 Å². The highest BCUT2D eigenvalue weighted by Gasteiger charge is 2.25. The molecule has 0 bridgehead atoms. The molecule has 0 spiro atoms. The molecule has 2 aromatic rings. The number of pyridine rings is 1. The second-order valence-corrected chi connectivity index (χ2v) is 6.31. The summed E-state index contributed by atoms with van der Waals surface area (Å²) in [5, 5.41) is 6.22. The van der Waals surface area contributed by atoms with Crippen LogP contribution in [0.5, 0.6) is 0 Å². The Balaban J connectivity index is 0.00000261. The average molecular weight is 479 g/mol. The zero-order valence-electron chi connectivity index (χ0n) is 15.5. The van der Waals surface area contributed by atoms with Crippen molar-refractivity contribution in [2.24, 2.45) is 4.99 Å². The number of halogens is 1. The number of aliphatic imine (C=N–C) groups is 1. The van der Waals surface area contributed by atoms with E-state index in [1.165, 1.54) is 5.56 Å². The Morgan fingerprint density at radius 1 is 1.19 bits per heavy atom. The quantitative estimate of drug-likeness (QED) is 0.299. The molecule has 1 amide bonds. The van der Waals surface area contributed by atoms with Crippen molar-refractivity contribution in [3.05, 3.63) is 66.0 Å². The zero-order chi connectivity index (χ0) is 18.2. The van der Waals surface area contributed by atoms with Gasteiger partial charge in [0.25, 0.3) is 5.91 Å². The Hall–Kier alpha value is -2.16. The second-order valence-electron chi connectivity index (χ2n) is 6.31. The highest BCUT2D eigenvalue weighted by atomic mass is 127. The average Bonchev–Trinajstić information content (AvgIpc) is 3.19. The summed E-state index contributed by atoms with van der Waals surface area (Å²) in [6.45, 7) is 3.11. The molecule has 1 saturated heterocycles. The van der Waals surface area contributed by atoms with E-state index in [-0.39, 0.29) is 29.9 Å². The number of guanidine groups is 1. The number of aromatic nitrogens is 1. The first kappa shape index (κ1) is 21.1. The molecule has 1 aromatic carbocycles. The summed E-state index contributed by atoms with van der Waals surface area (Å²) >= 11 is 0. The van der Waals surface area contributed by atoms with Crippen LogP contribution >= 0.6 is 24.0 Å².